The van der Waals surface area contributed by atoms with Gasteiger partial charge in [0.1, 0.15) is 6.04 Å². The number of carboxylic acids is 2. The molecular weight excluding hydrogens is 222 g/mol. The highest BCUT2D eigenvalue weighted by molar-refractivity contribution is 5.75. The summed E-state index contributed by atoms with van der Waals surface area (Å²) in [6.07, 6.45) is 0. The highest BCUT2D eigenvalue weighted by atomic mass is 16.4. The van der Waals surface area contributed by atoms with Crippen molar-refractivity contribution in [2.24, 2.45) is 0 Å². The maximum absolute atomic E-state index is 10.9. The van der Waals surface area contributed by atoms with Crippen LogP contribution in [0, 0.1) is 0 Å². The van der Waals surface area contributed by atoms with Gasteiger partial charge in [-0.25, -0.2) is 0 Å². The zero-order valence-electron chi connectivity index (χ0n) is 9.54. The molecule has 0 aliphatic heterocycles. The second-order valence-corrected chi connectivity index (χ2v) is 3.80. The smallest absolute Gasteiger partial charge is 0.320 e. The molecule has 0 heterocycles. The molecule has 0 saturated heterocycles. The van der Waals surface area contributed by atoms with E-state index in [-0.39, 0.29) is 6.54 Å². The predicted molar refractivity (Wildman–Crippen MR) is 61.6 cm³/mol. The summed E-state index contributed by atoms with van der Waals surface area (Å²) in [5.74, 6) is -2.06. The van der Waals surface area contributed by atoms with E-state index in [2.05, 4.69) is 0 Å². The first-order chi connectivity index (χ1) is 8.00. The molecule has 1 atom stereocenters. The van der Waals surface area contributed by atoms with Gasteiger partial charge in [0.15, 0.2) is 0 Å². The molecule has 5 heteroatoms. The molecule has 0 aromatic heterocycles. The molecule has 17 heavy (non-hydrogen) atoms. The number of aliphatic carboxylic acids is 2. The van der Waals surface area contributed by atoms with Crippen molar-refractivity contribution in [1.82, 2.24) is 4.90 Å². The zero-order valence-corrected chi connectivity index (χ0v) is 9.54. The molecule has 0 saturated carbocycles. The number of hydrogen-bond donors (Lipinski definition) is 2. The van der Waals surface area contributed by atoms with Gasteiger partial charge in [-0.1, -0.05) is 30.3 Å². The summed E-state index contributed by atoms with van der Waals surface area (Å²) in [5.41, 5.74) is 0.891. The Hall–Kier alpha value is -1.88. The summed E-state index contributed by atoms with van der Waals surface area (Å²) in [7, 11) is 0. The van der Waals surface area contributed by atoms with Gasteiger partial charge in [-0.2, -0.15) is 0 Å². The van der Waals surface area contributed by atoms with E-state index in [1.54, 1.807) is 0 Å². The van der Waals surface area contributed by atoms with Crippen molar-refractivity contribution in [2.45, 2.75) is 19.5 Å². The summed E-state index contributed by atoms with van der Waals surface area (Å²) in [5, 5.41) is 17.7. The van der Waals surface area contributed by atoms with E-state index in [9.17, 15) is 9.59 Å². The molecule has 0 fully saturated rings. The number of rotatable bonds is 6. The third kappa shape index (κ3) is 4.24. The second-order valence-electron chi connectivity index (χ2n) is 3.80. The molecule has 1 rings (SSSR count). The average molecular weight is 237 g/mol. The van der Waals surface area contributed by atoms with E-state index in [4.69, 9.17) is 10.2 Å². The molecular formula is C12H15NO4. The van der Waals surface area contributed by atoms with E-state index >= 15 is 0 Å². The molecule has 2 N–H and O–H groups in total. The number of nitrogens with zero attached hydrogens (tertiary/aromatic N) is 1. The van der Waals surface area contributed by atoms with Crippen molar-refractivity contribution >= 4 is 11.9 Å². The van der Waals surface area contributed by atoms with E-state index in [1.165, 1.54) is 11.8 Å². The van der Waals surface area contributed by atoms with Crippen molar-refractivity contribution in [3.8, 4) is 0 Å². The van der Waals surface area contributed by atoms with Crippen LogP contribution in [0.4, 0.5) is 0 Å². The summed E-state index contributed by atoms with van der Waals surface area (Å²) in [6, 6.07) is 8.36. The second kappa shape index (κ2) is 6.00. The molecule has 0 aliphatic carbocycles. The Kier molecular flexibility index (Phi) is 4.66. The highest BCUT2D eigenvalue weighted by Gasteiger charge is 2.22. The lowest BCUT2D eigenvalue weighted by Crippen LogP contribution is -2.41. The van der Waals surface area contributed by atoms with Crippen molar-refractivity contribution in [3.05, 3.63) is 35.9 Å². The van der Waals surface area contributed by atoms with Gasteiger partial charge in [0.05, 0.1) is 6.54 Å². The topological polar surface area (TPSA) is 77.8 Å². The fourth-order valence-corrected chi connectivity index (χ4v) is 1.48. The third-order valence-electron chi connectivity index (χ3n) is 2.47. The van der Waals surface area contributed by atoms with Crippen LogP contribution in [0.25, 0.3) is 0 Å². The molecule has 0 amide bonds. The number of benzene rings is 1. The Morgan fingerprint density at radius 2 is 1.82 bits per heavy atom. The number of hydrogen-bond acceptors (Lipinski definition) is 3. The van der Waals surface area contributed by atoms with E-state index < -0.39 is 18.0 Å². The normalized spacial score (nSPS) is 12.4. The Morgan fingerprint density at radius 3 is 2.29 bits per heavy atom. The maximum atomic E-state index is 10.9. The quantitative estimate of drug-likeness (QED) is 0.773. The van der Waals surface area contributed by atoms with Crippen LogP contribution >= 0.6 is 0 Å². The summed E-state index contributed by atoms with van der Waals surface area (Å²) in [6.45, 7) is 1.50. The van der Waals surface area contributed by atoms with E-state index in [1.807, 2.05) is 30.3 Å². The zero-order chi connectivity index (χ0) is 12.8. The lowest BCUT2D eigenvalue weighted by atomic mass is 10.2. The Morgan fingerprint density at radius 1 is 1.24 bits per heavy atom. The number of carboxylic acid groups (broad SMARTS) is 2. The fourth-order valence-electron chi connectivity index (χ4n) is 1.48. The lowest BCUT2D eigenvalue weighted by Gasteiger charge is -2.24. The largest absolute Gasteiger partial charge is 0.480 e. The minimum atomic E-state index is -1.03. The van der Waals surface area contributed by atoms with Crippen LogP contribution in [-0.4, -0.2) is 39.6 Å². The summed E-state index contributed by atoms with van der Waals surface area (Å²) >= 11 is 0. The van der Waals surface area contributed by atoms with Gasteiger partial charge in [0.25, 0.3) is 0 Å². The van der Waals surface area contributed by atoms with Crippen LogP contribution in [0.15, 0.2) is 30.3 Å². The SMILES string of the molecule is CC(C(=O)O)N(CC(=O)O)Cc1ccccc1. The van der Waals surface area contributed by atoms with Crippen molar-refractivity contribution in [3.63, 3.8) is 0 Å². The Labute approximate surface area is 99.3 Å². The summed E-state index contributed by atoms with van der Waals surface area (Å²) in [4.78, 5) is 23.0. The van der Waals surface area contributed by atoms with Gasteiger partial charge in [-0.3, -0.25) is 14.5 Å². The van der Waals surface area contributed by atoms with Crippen LogP contribution in [0.3, 0.4) is 0 Å². The third-order valence-corrected chi connectivity index (χ3v) is 2.47. The fraction of sp³-hybridized carbons (Fsp3) is 0.333. The highest BCUT2D eigenvalue weighted by Crippen LogP contribution is 2.08. The van der Waals surface area contributed by atoms with Crippen molar-refractivity contribution < 1.29 is 19.8 Å². The van der Waals surface area contributed by atoms with Crippen molar-refractivity contribution in [1.29, 1.82) is 0 Å². The van der Waals surface area contributed by atoms with Crippen LogP contribution in [0.5, 0.6) is 0 Å². The van der Waals surface area contributed by atoms with Gasteiger partial charge in [0.2, 0.25) is 0 Å². The Balaban J connectivity index is 2.77. The van der Waals surface area contributed by atoms with Crippen LogP contribution < -0.4 is 0 Å². The maximum Gasteiger partial charge on any atom is 0.320 e. The molecule has 1 unspecified atom stereocenters. The minimum Gasteiger partial charge on any atom is -0.480 e. The molecule has 92 valence electrons. The van der Waals surface area contributed by atoms with E-state index in [0.717, 1.165) is 5.56 Å². The monoisotopic (exact) mass is 237 g/mol. The predicted octanol–water partition coefficient (Wildman–Crippen LogP) is 1.05. The molecule has 1 aromatic carbocycles. The molecule has 0 radical (unpaired) electrons. The van der Waals surface area contributed by atoms with Crippen LogP contribution in [0.2, 0.25) is 0 Å². The molecule has 0 bridgehead atoms. The van der Waals surface area contributed by atoms with Gasteiger partial charge in [0, 0.05) is 6.54 Å². The Bertz CT molecular complexity index is 391. The average Bonchev–Trinajstić information content (AvgIpc) is 2.28. The standard InChI is InChI=1S/C12H15NO4/c1-9(12(16)17)13(8-11(14)15)7-10-5-3-2-4-6-10/h2-6,9H,7-8H2,1H3,(H,14,15)(H,16,17). The minimum absolute atomic E-state index is 0.289. The van der Waals surface area contributed by atoms with Crippen LogP contribution in [-0.2, 0) is 16.1 Å². The first kappa shape index (κ1) is 13.2. The van der Waals surface area contributed by atoms with Crippen molar-refractivity contribution in [2.75, 3.05) is 6.54 Å². The van der Waals surface area contributed by atoms with Crippen LogP contribution in [0.1, 0.15) is 12.5 Å². The van der Waals surface area contributed by atoms with E-state index in [0.29, 0.717) is 6.54 Å². The van der Waals surface area contributed by atoms with Gasteiger partial charge >= 0.3 is 11.9 Å². The van der Waals surface area contributed by atoms with Gasteiger partial charge < -0.3 is 10.2 Å². The first-order valence-electron chi connectivity index (χ1n) is 5.23. The molecule has 1 aromatic rings. The molecule has 0 aliphatic rings. The molecule has 5 nitrogen and oxygen atoms in total. The summed E-state index contributed by atoms with van der Waals surface area (Å²) < 4.78 is 0. The van der Waals surface area contributed by atoms with Gasteiger partial charge in [-0.15, -0.1) is 0 Å². The van der Waals surface area contributed by atoms with Gasteiger partial charge in [-0.05, 0) is 12.5 Å². The number of carbonyl (C=O) groups is 2. The lowest BCUT2D eigenvalue weighted by molar-refractivity contribution is -0.145. The molecule has 0 spiro atoms. The first-order valence-corrected chi connectivity index (χ1v) is 5.23.